The highest BCUT2D eigenvalue weighted by molar-refractivity contribution is 5.91. The van der Waals surface area contributed by atoms with Crippen molar-refractivity contribution < 1.29 is 9.59 Å². The van der Waals surface area contributed by atoms with Crippen LogP contribution in [0.2, 0.25) is 0 Å². The molecule has 2 rings (SSSR count). The number of carbonyl (C=O) groups excluding carboxylic acids is 2. The number of amides is 1. The minimum atomic E-state index is 0.0877. The molecule has 1 saturated heterocycles. The molecule has 1 aliphatic carbocycles. The molecule has 1 amide bonds. The van der Waals surface area contributed by atoms with Gasteiger partial charge in [-0.15, -0.1) is 0 Å². The molecule has 1 N–H and O–H groups in total. The third-order valence-electron chi connectivity index (χ3n) is 2.35. The van der Waals surface area contributed by atoms with Gasteiger partial charge in [0.2, 0.25) is 5.91 Å². The van der Waals surface area contributed by atoms with E-state index in [4.69, 9.17) is 0 Å². The molecular formula is C7H9NO2. The normalized spacial score (nSPS) is 38.0. The van der Waals surface area contributed by atoms with Gasteiger partial charge in [-0.1, -0.05) is 0 Å². The molecule has 0 bridgehead atoms. The van der Waals surface area contributed by atoms with Crippen LogP contribution in [0, 0.1) is 5.92 Å². The van der Waals surface area contributed by atoms with Crippen molar-refractivity contribution in [3.05, 3.63) is 0 Å². The SMILES string of the molecule is O=C1CC(C2CCC2=O)N1. The lowest BCUT2D eigenvalue weighted by Crippen LogP contribution is -2.57. The lowest BCUT2D eigenvalue weighted by molar-refractivity contribution is -0.137. The van der Waals surface area contributed by atoms with Gasteiger partial charge < -0.3 is 5.32 Å². The van der Waals surface area contributed by atoms with Crippen molar-refractivity contribution in [3.8, 4) is 0 Å². The Morgan fingerprint density at radius 1 is 1.40 bits per heavy atom. The van der Waals surface area contributed by atoms with E-state index in [-0.39, 0.29) is 17.9 Å². The molecule has 3 heteroatoms. The maximum atomic E-state index is 10.8. The number of Topliss-reactive ketones (excluding diaryl/α,β-unsaturated/α-hetero) is 1. The van der Waals surface area contributed by atoms with Crippen molar-refractivity contribution in [2.75, 3.05) is 0 Å². The number of rotatable bonds is 1. The largest absolute Gasteiger partial charge is 0.352 e. The molecule has 2 fully saturated rings. The van der Waals surface area contributed by atoms with Crippen LogP contribution in [0.15, 0.2) is 0 Å². The van der Waals surface area contributed by atoms with Crippen molar-refractivity contribution in [2.45, 2.75) is 25.3 Å². The van der Waals surface area contributed by atoms with Gasteiger partial charge in [0.05, 0.1) is 0 Å². The van der Waals surface area contributed by atoms with Gasteiger partial charge in [0.25, 0.3) is 0 Å². The van der Waals surface area contributed by atoms with Crippen molar-refractivity contribution in [2.24, 2.45) is 5.92 Å². The van der Waals surface area contributed by atoms with Crippen LogP contribution in [-0.2, 0) is 9.59 Å². The molecular weight excluding hydrogens is 130 g/mol. The van der Waals surface area contributed by atoms with E-state index < -0.39 is 0 Å². The number of nitrogens with one attached hydrogen (secondary N) is 1. The highest BCUT2D eigenvalue weighted by atomic mass is 16.2. The monoisotopic (exact) mass is 139 g/mol. The summed E-state index contributed by atoms with van der Waals surface area (Å²) >= 11 is 0. The second-order valence-corrected chi connectivity index (χ2v) is 2.99. The van der Waals surface area contributed by atoms with Crippen LogP contribution in [0.5, 0.6) is 0 Å². The van der Waals surface area contributed by atoms with Gasteiger partial charge in [0.15, 0.2) is 0 Å². The Labute approximate surface area is 58.8 Å². The van der Waals surface area contributed by atoms with Gasteiger partial charge in [-0.25, -0.2) is 0 Å². The van der Waals surface area contributed by atoms with Crippen LogP contribution < -0.4 is 5.32 Å². The quantitative estimate of drug-likeness (QED) is 0.514. The first kappa shape index (κ1) is 5.89. The van der Waals surface area contributed by atoms with Gasteiger partial charge in [-0.2, -0.15) is 0 Å². The fourth-order valence-corrected chi connectivity index (χ4v) is 1.48. The fourth-order valence-electron chi connectivity index (χ4n) is 1.48. The van der Waals surface area contributed by atoms with Gasteiger partial charge in [-0.05, 0) is 6.42 Å². The van der Waals surface area contributed by atoms with Crippen LogP contribution in [0.1, 0.15) is 19.3 Å². The molecule has 0 aromatic heterocycles. The molecule has 3 nitrogen and oxygen atoms in total. The molecule has 2 unspecified atom stereocenters. The molecule has 2 atom stereocenters. The van der Waals surface area contributed by atoms with E-state index in [0.29, 0.717) is 12.2 Å². The topological polar surface area (TPSA) is 46.2 Å². The lowest BCUT2D eigenvalue weighted by atomic mass is 9.75. The first-order chi connectivity index (χ1) is 4.77. The molecule has 10 heavy (non-hydrogen) atoms. The summed E-state index contributed by atoms with van der Waals surface area (Å²) in [6, 6.07) is 0.189. The second-order valence-electron chi connectivity index (χ2n) is 2.99. The first-order valence-electron chi connectivity index (χ1n) is 3.59. The Bertz CT molecular complexity index is 192. The minimum absolute atomic E-state index is 0.0877. The predicted molar refractivity (Wildman–Crippen MR) is 34.3 cm³/mol. The van der Waals surface area contributed by atoms with Crippen LogP contribution in [0.25, 0.3) is 0 Å². The summed E-state index contributed by atoms with van der Waals surface area (Å²) in [4.78, 5) is 21.3. The maximum Gasteiger partial charge on any atom is 0.222 e. The van der Waals surface area contributed by atoms with Crippen LogP contribution in [0.3, 0.4) is 0 Å². The van der Waals surface area contributed by atoms with E-state index in [1.54, 1.807) is 0 Å². The van der Waals surface area contributed by atoms with Gasteiger partial charge in [0, 0.05) is 24.8 Å². The molecule has 0 aromatic rings. The molecule has 54 valence electrons. The molecule has 1 aliphatic heterocycles. The Morgan fingerprint density at radius 3 is 2.40 bits per heavy atom. The zero-order chi connectivity index (χ0) is 7.14. The predicted octanol–water partition coefficient (Wildman–Crippen LogP) is -0.146. The zero-order valence-corrected chi connectivity index (χ0v) is 5.59. The summed E-state index contributed by atoms with van der Waals surface area (Å²) in [7, 11) is 0. The van der Waals surface area contributed by atoms with Gasteiger partial charge in [-0.3, -0.25) is 9.59 Å². The molecule has 1 heterocycles. The Balaban J connectivity index is 1.90. The van der Waals surface area contributed by atoms with E-state index in [1.807, 2.05) is 0 Å². The third-order valence-corrected chi connectivity index (χ3v) is 2.35. The molecule has 2 aliphatic rings. The summed E-state index contributed by atoms with van der Waals surface area (Å²) in [6.07, 6.45) is 2.26. The van der Waals surface area contributed by atoms with E-state index in [0.717, 1.165) is 12.8 Å². The van der Waals surface area contributed by atoms with E-state index in [2.05, 4.69) is 5.32 Å². The van der Waals surface area contributed by atoms with E-state index >= 15 is 0 Å². The first-order valence-corrected chi connectivity index (χ1v) is 3.59. The van der Waals surface area contributed by atoms with E-state index in [1.165, 1.54) is 0 Å². The highest BCUT2D eigenvalue weighted by Crippen LogP contribution is 2.30. The minimum Gasteiger partial charge on any atom is -0.352 e. The average Bonchev–Trinajstić information content (AvgIpc) is 1.82. The Kier molecular flexibility index (Phi) is 1.07. The Morgan fingerprint density at radius 2 is 2.10 bits per heavy atom. The summed E-state index contributed by atoms with van der Waals surface area (Å²) in [5, 5.41) is 2.72. The summed E-state index contributed by atoms with van der Waals surface area (Å²) in [5.41, 5.74) is 0. The zero-order valence-electron chi connectivity index (χ0n) is 5.59. The summed E-state index contributed by atoms with van der Waals surface area (Å²) in [5.74, 6) is 0.576. The van der Waals surface area contributed by atoms with Crippen molar-refractivity contribution in [3.63, 3.8) is 0 Å². The number of hydrogen-bond acceptors (Lipinski definition) is 2. The van der Waals surface area contributed by atoms with Crippen LogP contribution in [0.4, 0.5) is 0 Å². The van der Waals surface area contributed by atoms with E-state index in [9.17, 15) is 9.59 Å². The average molecular weight is 139 g/mol. The third kappa shape index (κ3) is 0.664. The van der Waals surface area contributed by atoms with Crippen molar-refractivity contribution in [1.29, 1.82) is 0 Å². The number of ketones is 1. The molecule has 0 spiro atoms. The van der Waals surface area contributed by atoms with Gasteiger partial charge >= 0.3 is 0 Å². The van der Waals surface area contributed by atoms with Crippen LogP contribution in [-0.4, -0.2) is 17.7 Å². The van der Waals surface area contributed by atoms with Crippen molar-refractivity contribution >= 4 is 11.7 Å². The van der Waals surface area contributed by atoms with Crippen LogP contribution >= 0.6 is 0 Å². The number of carbonyl (C=O) groups is 2. The smallest absolute Gasteiger partial charge is 0.222 e. The number of β-lactam (4-membered cyclic amide) rings is 1. The summed E-state index contributed by atoms with van der Waals surface area (Å²) in [6.45, 7) is 0. The molecule has 0 aromatic carbocycles. The molecule has 1 saturated carbocycles. The van der Waals surface area contributed by atoms with Gasteiger partial charge in [0.1, 0.15) is 5.78 Å². The summed E-state index contributed by atoms with van der Waals surface area (Å²) < 4.78 is 0. The lowest BCUT2D eigenvalue weighted by Gasteiger charge is -2.37. The van der Waals surface area contributed by atoms with Crippen molar-refractivity contribution in [1.82, 2.24) is 5.32 Å². The maximum absolute atomic E-state index is 10.8. The highest BCUT2D eigenvalue weighted by Gasteiger charge is 2.41. The second kappa shape index (κ2) is 1.81. The standard InChI is InChI=1S/C7H9NO2/c9-6-2-1-4(6)5-3-7(10)8-5/h4-5H,1-3H2,(H,8,10). The fraction of sp³-hybridized carbons (Fsp3) is 0.714. The Hall–Kier alpha value is -0.860. The molecule has 0 radical (unpaired) electrons. The number of hydrogen-bond donors (Lipinski definition) is 1.